The zero-order chi connectivity index (χ0) is 16.2. The number of nitrogens with one attached hydrogen (secondary N) is 1. The molecule has 0 unspecified atom stereocenters. The second-order valence-corrected chi connectivity index (χ2v) is 5.54. The number of amides is 1. The van der Waals surface area contributed by atoms with Gasteiger partial charge < -0.3 is 10.1 Å². The van der Waals surface area contributed by atoms with Crippen LogP contribution in [0.5, 0.6) is 5.75 Å². The fourth-order valence-electron chi connectivity index (χ4n) is 2.61. The van der Waals surface area contributed by atoms with Crippen LogP contribution in [0.3, 0.4) is 0 Å². The molecule has 7 heteroatoms. The van der Waals surface area contributed by atoms with E-state index in [-0.39, 0.29) is 24.4 Å². The molecular weight excluding hydrogens is 304 g/mol. The predicted molar refractivity (Wildman–Crippen MR) is 78.9 cm³/mol. The third-order valence-electron chi connectivity index (χ3n) is 3.81. The minimum atomic E-state index is -0.781. The van der Waals surface area contributed by atoms with Gasteiger partial charge in [-0.3, -0.25) is 4.79 Å². The van der Waals surface area contributed by atoms with Gasteiger partial charge in [-0.15, -0.1) is 0 Å². The molecule has 0 saturated heterocycles. The Morgan fingerprint density at radius 2 is 2.09 bits per heavy atom. The number of hydrogen-bond donors (Lipinski definition) is 1. The molecule has 5 nitrogen and oxygen atoms in total. The number of nitrogens with zero attached hydrogens (tertiary/aromatic N) is 2. The van der Waals surface area contributed by atoms with Crippen LogP contribution in [0.2, 0.25) is 0 Å². The Bertz CT molecular complexity index is 696. The van der Waals surface area contributed by atoms with Crippen molar-refractivity contribution in [2.24, 2.45) is 0 Å². The number of halogens is 2. The standard InChI is InChI=1S/C16H17F2N3O2/c17-11-5-6-15(13(18)9-11)23-10-21-8-7-14(20-21)16(22)19-12-3-1-2-4-12/h5-9,12H,1-4,10H2,(H,19,22). The van der Waals surface area contributed by atoms with Gasteiger partial charge in [0.1, 0.15) is 11.5 Å². The Balaban J connectivity index is 1.57. The fourth-order valence-corrected chi connectivity index (χ4v) is 2.61. The molecule has 2 aromatic rings. The molecule has 1 aromatic heterocycles. The first-order valence-corrected chi connectivity index (χ1v) is 7.54. The SMILES string of the molecule is O=C(NC1CCCC1)c1ccn(COc2ccc(F)cc2F)n1. The summed E-state index contributed by atoms with van der Waals surface area (Å²) < 4.78 is 32.9. The first-order valence-electron chi connectivity index (χ1n) is 7.54. The lowest BCUT2D eigenvalue weighted by atomic mass is 10.2. The summed E-state index contributed by atoms with van der Waals surface area (Å²) >= 11 is 0. The lowest BCUT2D eigenvalue weighted by Gasteiger charge is -2.10. The molecule has 23 heavy (non-hydrogen) atoms. The van der Waals surface area contributed by atoms with Gasteiger partial charge in [0.25, 0.3) is 5.91 Å². The highest BCUT2D eigenvalue weighted by molar-refractivity contribution is 5.92. The van der Waals surface area contributed by atoms with Crippen LogP contribution in [0.15, 0.2) is 30.5 Å². The Morgan fingerprint density at radius 3 is 2.83 bits per heavy atom. The van der Waals surface area contributed by atoms with Gasteiger partial charge in [0.15, 0.2) is 18.3 Å². The summed E-state index contributed by atoms with van der Waals surface area (Å²) in [5, 5.41) is 7.04. The summed E-state index contributed by atoms with van der Waals surface area (Å²) in [6, 6.07) is 4.87. The molecule has 0 spiro atoms. The van der Waals surface area contributed by atoms with Crippen LogP contribution in [0.25, 0.3) is 0 Å². The van der Waals surface area contributed by atoms with Crippen LogP contribution in [-0.4, -0.2) is 21.7 Å². The molecule has 1 aliphatic rings. The molecule has 3 rings (SSSR count). The molecule has 1 aliphatic carbocycles. The minimum absolute atomic E-state index is 0.0702. The number of ether oxygens (including phenoxy) is 1. The molecule has 1 saturated carbocycles. The molecule has 0 atom stereocenters. The lowest BCUT2D eigenvalue weighted by molar-refractivity contribution is 0.0930. The van der Waals surface area contributed by atoms with Gasteiger partial charge in [-0.2, -0.15) is 5.10 Å². The Labute approximate surface area is 132 Å². The molecule has 1 N–H and O–H groups in total. The van der Waals surface area contributed by atoms with Crippen LogP contribution in [-0.2, 0) is 6.73 Å². The van der Waals surface area contributed by atoms with E-state index in [0.29, 0.717) is 5.69 Å². The number of aromatic nitrogens is 2. The number of hydrogen-bond acceptors (Lipinski definition) is 3. The number of benzene rings is 1. The van der Waals surface area contributed by atoms with Crippen LogP contribution in [0, 0.1) is 11.6 Å². The van der Waals surface area contributed by atoms with Gasteiger partial charge in [0.2, 0.25) is 0 Å². The van der Waals surface area contributed by atoms with E-state index in [1.807, 2.05) is 0 Å². The number of carbonyl (C=O) groups excluding carboxylic acids is 1. The van der Waals surface area contributed by atoms with Crippen molar-refractivity contribution in [3.05, 3.63) is 47.8 Å². The van der Waals surface area contributed by atoms with Gasteiger partial charge in [0, 0.05) is 18.3 Å². The van der Waals surface area contributed by atoms with Crippen molar-refractivity contribution in [3.63, 3.8) is 0 Å². The zero-order valence-corrected chi connectivity index (χ0v) is 12.5. The third-order valence-corrected chi connectivity index (χ3v) is 3.81. The molecule has 1 heterocycles. The topological polar surface area (TPSA) is 56.2 Å². The van der Waals surface area contributed by atoms with Crippen molar-refractivity contribution in [2.75, 3.05) is 0 Å². The normalized spacial score (nSPS) is 14.9. The van der Waals surface area contributed by atoms with E-state index < -0.39 is 11.6 Å². The molecule has 0 aliphatic heterocycles. The van der Waals surface area contributed by atoms with Crippen molar-refractivity contribution >= 4 is 5.91 Å². The number of rotatable bonds is 5. The zero-order valence-electron chi connectivity index (χ0n) is 12.5. The van der Waals surface area contributed by atoms with E-state index in [2.05, 4.69) is 10.4 Å². The van der Waals surface area contributed by atoms with Gasteiger partial charge in [0.05, 0.1) is 0 Å². The Kier molecular flexibility index (Phi) is 4.55. The molecular formula is C16H17F2N3O2. The van der Waals surface area contributed by atoms with Crippen molar-refractivity contribution in [3.8, 4) is 5.75 Å². The van der Waals surface area contributed by atoms with Crippen molar-refractivity contribution in [1.82, 2.24) is 15.1 Å². The molecule has 1 aromatic carbocycles. The maximum atomic E-state index is 13.5. The maximum absolute atomic E-state index is 13.5. The quantitative estimate of drug-likeness (QED) is 0.921. The van der Waals surface area contributed by atoms with Crippen molar-refractivity contribution in [1.29, 1.82) is 0 Å². The summed E-state index contributed by atoms with van der Waals surface area (Å²) in [6.07, 6.45) is 5.84. The molecule has 0 bridgehead atoms. The number of carbonyl (C=O) groups is 1. The van der Waals surface area contributed by atoms with Crippen molar-refractivity contribution in [2.45, 2.75) is 38.5 Å². The summed E-state index contributed by atoms with van der Waals surface area (Å²) in [6.45, 7) is -0.0702. The Hall–Kier alpha value is -2.44. The molecule has 1 amide bonds. The smallest absolute Gasteiger partial charge is 0.271 e. The second-order valence-electron chi connectivity index (χ2n) is 5.54. The highest BCUT2D eigenvalue weighted by atomic mass is 19.1. The molecule has 1 fully saturated rings. The lowest BCUT2D eigenvalue weighted by Crippen LogP contribution is -2.32. The monoisotopic (exact) mass is 321 g/mol. The van der Waals surface area contributed by atoms with Crippen LogP contribution < -0.4 is 10.1 Å². The summed E-state index contributed by atoms with van der Waals surface area (Å²) in [4.78, 5) is 12.1. The average molecular weight is 321 g/mol. The van der Waals surface area contributed by atoms with E-state index in [9.17, 15) is 13.6 Å². The van der Waals surface area contributed by atoms with Gasteiger partial charge in [-0.05, 0) is 31.0 Å². The summed E-state index contributed by atoms with van der Waals surface area (Å²) in [7, 11) is 0. The van der Waals surface area contributed by atoms with Gasteiger partial charge >= 0.3 is 0 Å². The predicted octanol–water partition coefficient (Wildman–Crippen LogP) is 2.87. The van der Waals surface area contributed by atoms with Crippen LogP contribution in [0.4, 0.5) is 8.78 Å². The first-order chi connectivity index (χ1) is 11.1. The first kappa shape index (κ1) is 15.5. The van der Waals surface area contributed by atoms with Crippen LogP contribution in [0.1, 0.15) is 36.2 Å². The Morgan fingerprint density at radius 1 is 1.30 bits per heavy atom. The largest absolute Gasteiger partial charge is 0.468 e. The van der Waals surface area contributed by atoms with E-state index in [1.54, 1.807) is 12.3 Å². The average Bonchev–Trinajstić information content (AvgIpc) is 3.17. The van der Waals surface area contributed by atoms with E-state index >= 15 is 0 Å². The second kappa shape index (κ2) is 6.76. The van der Waals surface area contributed by atoms with E-state index in [0.717, 1.165) is 37.8 Å². The fraction of sp³-hybridized carbons (Fsp3) is 0.375. The van der Waals surface area contributed by atoms with Gasteiger partial charge in [-0.1, -0.05) is 12.8 Å². The molecule has 122 valence electrons. The van der Waals surface area contributed by atoms with Crippen LogP contribution >= 0.6 is 0 Å². The summed E-state index contributed by atoms with van der Waals surface area (Å²) in [5.41, 5.74) is 0.292. The van der Waals surface area contributed by atoms with Crippen molar-refractivity contribution < 1.29 is 18.3 Å². The van der Waals surface area contributed by atoms with E-state index in [4.69, 9.17) is 4.74 Å². The minimum Gasteiger partial charge on any atom is -0.468 e. The highest BCUT2D eigenvalue weighted by Gasteiger charge is 2.19. The summed E-state index contributed by atoms with van der Waals surface area (Å²) in [5.74, 6) is -1.74. The maximum Gasteiger partial charge on any atom is 0.271 e. The van der Waals surface area contributed by atoms with E-state index in [1.165, 1.54) is 10.7 Å². The third kappa shape index (κ3) is 3.85. The van der Waals surface area contributed by atoms with Gasteiger partial charge in [-0.25, -0.2) is 13.5 Å². The highest BCUT2D eigenvalue weighted by Crippen LogP contribution is 2.19. The molecule has 0 radical (unpaired) electrons.